The molecule has 0 unspecified atom stereocenters. The highest BCUT2D eigenvalue weighted by molar-refractivity contribution is 7.90. The number of para-hydroxylation sites is 1. The summed E-state index contributed by atoms with van der Waals surface area (Å²) in [5.41, 5.74) is 3.86. The van der Waals surface area contributed by atoms with Crippen molar-refractivity contribution < 1.29 is 22.6 Å². The molecule has 0 aliphatic rings. The molecular formula is C29H24N4O5S. The van der Waals surface area contributed by atoms with Crippen LogP contribution in [0.2, 0.25) is 0 Å². The number of aromatic nitrogens is 4. The number of benzene rings is 3. The Morgan fingerprint density at radius 1 is 0.846 bits per heavy atom. The van der Waals surface area contributed by atoms with Crippen LogP contribution in [0.15, 0.2) is 90.1 Å². The number of methoxy groups -OCH3 is 3. The standard InChI is InChI=1S/C29H24N4O5S/c1-36-23-16-19(17-24(37-2)28(23)38-3)25-26-22(12-14-30-25)31-29(32-26)21-11-7-8-18-13-15-33(27(18)21)39(34,35)20-9-5-4-6-10-20/h4-17H,1-3H3,(H,31,32). The third-order valence-corrected chi connectivity index (χ3v) is 8.26. The number of hydrogen-bond acceptors (Lipinski definition) is 7. The molecule has 0 saturated heterocycles. The molecule has 3 aromatic heterocycles. The maximum Gasteiger partial charge on any atom is 0.268 e. The van der Waals surface area contributed by atoms with E-state index in [0.29, 0.717) is 45.4 Å². The molecule has 0 bridgehead atoms. The summed E-state index contributed by atoms with van der Waals surface area (Å²) in [7, 11) is 0.829. The van der Waals surface area contributed by atoms with E-state index in [-0.39, 0.29) is 4.90 Å². The summed E-state index contributed by atoms with van der Waals surface area (Å²) in [6, 6.07) is 21.2. The second-order valence-corrected chi connectivity index (χ2v) is 10.5. The number of ether oxygens (including phenoxy) is 3. The molecule has 0 atom stereocenters. The molecule has 39 heavy (non-hydrogen) atoms. The lowest BCUT2D eigenvalue weighted by Gasteiger charge is -2.14. The topological polar surface area (TPSA) is 108 Å². The summed E-state index contributed by atoms with van der Waals surface area (Å²) in [5.74, 6) is 1.98. The lowest BCUT2D eigenvalue weighted by molar-refractivity contribution is 0.324. The first-order valence-electron chi connectivity index (χ1n) is 12.0. The van der Waals surface area contributed by atoms with Gasteiger partial charge in [0.25, 0.3) is 10.0 Å². The monoisotopic (exact) mass is 540 g/mol. The zero-order valence-corrected chi connectivity index (χ0v) is 22.2. The van der Waals surface area contributed by atoms with Crippen LogP contribution in [0.4, 0.5) is 0 Å². The molecule has 6 aromatic rings. The first kappa shape index (κ1) is 24.5. The van der Waals surface area contributed by atoms with Gasteiger partial charge in [-0.15, -0.1) is 0 Å². The highest BCUT2D eigenvalue weighted by Gasteiger charge is 2.23. The number of hydrogen-bond donors (Lipinski definition) is 1. The molecule has 0 saturated carbocycles. The van der Waals surface area contributed by atoms with E-state index < -0.39 is 10.0 Å². The van der Waals surface area contributed by atoms with E-state index >= 15 is 0 Å². The summed E-state index contributed by atoms with van der Waals surface area (Å²) in [6.45, 7) is 0. The van der Waals surface area contributed by atoms with E-state index in [9.17, 15) is 8.42 Å². The molecular weight excluding hydrogens is 516 g/mol. The zero-order valence-electron chi connectivity index (χ0n) is 21.4. The smallest absolute Gasteiger partial charge is 0.268 e. The Labute approximate surface area is 224 Å². The Bertz CT molecular complexity index is 1920. The van der Waals surface area contributed by atoms with Gasteiger partial charge < -0.3 is 19.2 Å². The number of H-pyrrole nitrogens is 1. The first-order chi connectivity index (χ1) is 19.0. The minimum atomic E-state index is -3.83. The molecule has 0 fully saturated rings. The van der Waals surface area contributed by atoms with Crippen molar-refractivity contribution >= 4 is 32.0 Å². The molecule has 6 rings (SSSR count). The van der Waals surface area contributed by atoms with E-state index in [1.807, 2.05) is 36.4 Å². The van der Waals surface area contributed by atoms with Crippen LogP contribution in [0.3, 0.4) is 0 Å². The largest absolute Gasteiger partial charge is 0.493 e. The van der Waals surface area contributed by atoms with Crippen LogP contribution >= 0.6 is 0 Å². The lowest BCUT2D eigenvalue weighted by Crippen LogP contribution is -2.12. The van der Waals surface area contributed by atoms with Gasteiger partial charge in [-0.2, -0.15) is 0 Å². The van der Waals surface area contributed by atoms with Crippen LogP contribution in [0.5, 0.6) is 17.2 Å². The van der Waals surface area contributed by atoms with Crippen molar-refractivity contribution in [3.8, 4) is 39.9 Å². The Hall–Kier alpha value is -4.83. The van der Waals surface area contributed by atoms with Crippen molar-refractivity contribution in [2.75, 3.05) is 21.3 Å². The molecule has 0 spiro atoms. The van der Waals surface area contributed by atoms with Crippen LogP contribution in [0.25, 0.3) is 44.6 Å². The third kappa shape index (κ3) is 3.96. The van der Waals surface area contributed by atoms with Gasteiger partial charge in [-0.05, 0) is 42.5 Å². The zero-order chi connectivity index (χ0) is 27.1. The summed E-state index contributed by atoms with van der Waals surface area (Å²) >= 11 is 0. The van der Waals surface area contributed by atoms with Gasteiger partial charge in [0, 0.05) is 28.9 Å². The van der Waals surface area contributed by atoms with Crippen molar-refractivity contribution in [1.29, 1.82) is 0 Å². The van der Waals surface area contributed by atoms with Crippen LogP contribution in [0, 0.1) is 0 Å². The Balaban J connectivity index is 1.55. The van der Waals surface area contributed by atoms with Crippen LogP contribution < -0.4 is 14.2 Å². The molecule has 10 heteroatoms. The summed E-state index contributed by atoms with van der Waals surface area (Å²) in [5, 5.41) is 0.774. The molecule has 0 amide bonds. The minimum absolute atomic E-state index is 0.204. The number of fused-ring (bicyclic) bond motifs is 2. The predicted molar refractivity (Wildman–Crippen MR) is 149 cm³/mol. The molecule has 3 aromatic carbocycles. The van der Waals surface area contributed by atoms with Crippen LogP contribution in [-0.2, 0) is 10.0 Å². The molecule has 0 radical (unpaired) electrons. The van der Waals surface area contributed by atoms with Gasteiger partial charge in [0.1, 0.15) is 11.3 Å². The normalized spacial score (nSPS) is 11.7. The van der Waals surface area contributed by atoms with E-state index in [4.69, 9.17) is 19.2 Å². The SMILES string of the molecule is COc1cc(-c2nccc3[nH]c(-c4cccc5ccn(S(=O)(=O)c6ccccc6)c45)nc23)cc(OC)c1OC. The van der Waals surface area contributed by atoms with Gasteiger partial charge in [0.2, 0.25) is 5.75 Å². The van der Waals surface area contributed by atoms with Gasteiger partial charge in [0.05, 0.1) is 43.0 Å². The Morgan fingerprint density at radius 2 is 1.59 bits per heavy atom. The fourth-order valence-electron chi connectivity index (χ4n) is 4.75. The number of pyridine rings is 1. The van der Waals surface area contributed by atoms with Gasteiger partial charge in [-0.25, -0.2) is 17.4 Å². The molecule has 0 aliphatic heterocycles. The number of rotatable bonds is 7. The first-order valence-corrected chi connectivity index (χ1v) is 13.5. The molecule has 196 valence electrons. The minimum Gasteiger partial charge on any atom is -0.493 e. The lowest BCUT2D eigenvalue weighted by atomic mass is 10.1. The summed E-state index contributed by atoms with van der Waals surface area (Å²) in [4.78, 5) is 13.1. The summed E-state index contributed by atoms with van der Waals surface area (Å²) in [6.07, 6.45) is 3.26. The maximum atomic E-state index is 13.6. The van der Waals surface area contributed by atoms with Crippen LogP contribution in [-0.4, -0.2) is 48.7 Å². The van der Waals surface area contributed by atoms with Crippen molar-refractivity contribution in [2.24, 2.45) is 0 Å². The second-order valence-electron chi connectivity index (χ2n) is 8.73. The molecule has 1 N–H and O–H groups in total. The third-order valence-electron chi connectivity index (χ3n) is 6.57. The van der Waals surface area contributed by atoms with E-state index in [0.717, 1.165) is 16.5 Å². The van der Waals surface area contributed by atoms with Crippen molar-refractivity contribution in [3.63, 3.8) is 0 Å². The second kappa shape index (κ2) is 9.48. The Kier molecular flexibility index (Phi) is 5.96. The average molecular weight is 541 g/mol. The number of imidazole rings is 1. The highest BCUT2D eigenvalue weighted by Crippen LogP contribution is 2.42. The number of nitrogens with zero attached hydrogens (tertiary/aromatic N) is 3. The molecule has 9 nitrogen and oxygen atoms in total. The fraction of sp³-hybridized carbons (Fsp3) is 0.103. The van der Waals surface area contributed by atoms with Crippen molar-refractivity contribution in [2.45, 2.75) is 4.90 Å². The van der Waals surface area contributed by atoms with Gasteiger partial charge >= 0.3 is 0 Å². The van der Waals surface area contributed by atoms with Crippen molar-refractivity contribution in [1.82, 2.24) is 18.9 Å². The van der Waals surface area contributed by atoms with Crippen LogP contribution in [0.1, 0.15) is 0 Å². The quantitative estimate of drug-likeness (QED) is 0.284. The average Bonchev–Trinajstić information content (AvgIpc) is 3.62. The van der Waals surface area contributed by atoms with Crippen molar-refractivity contribution in [3.05, 3.63) is 85.2 Å². The van der Waals surface area contributed by atoms with Gasteiger partial charge in [-0.1, -0.05) is 30.3 Å². The fourth-order valence-corrected chi connectivity index (χ4v) is 6.15. The van der Waals surface area contributed by atoms with Gasteiger partial charge in [0.15, 0.2) is 11.5 Å². The number of aromatic amines is 1. The van der Waals surface area contributed by atoms with E-state index in [1.165, 1.54) is 3.97 Å². The Morgan fingerprint density at radius 3 is 2.28 bits per heavy atom. The molecule has 3 heterocycles. The van der Waals surface area contributed by atoms with E-state index in [2.05, 4.69) is 9.97 Å². The van der Waals surface area contributed by atoms with Gasteiger partial charge in [-0.3, -0.25) is 4.98 Å². The number of nitrogens with one attached hydrogen (secondary N) is 1. The molecule has 0 aliphatic carbocycles. The predicted octanol–water partition coefficient (Wildman–Crippen LogP) is 5.51. The summed E-state index contributed by atoms with van der Waals surface area (Å²) < 4.78 is 44.9. The maximum absolute atomic E-state index is 13.6. The highest BCUT2D eigenvalue weighted by atomic mass is 32.2. The van der Waals surface area contributed by atoms with E-state index in [1.54, 1.807) is 70.1 Å².